The highest BCUT2D eigenvalue weighted by Crippen LogP contribution is 2.33. The molecule has 1 aromatic carbocycles. The maximum Gasteiger partial charge on any atom is 0.326 e. The van der Waals surface area contributed by atoms with E-state index in [1.165, 1.54) is 23.1 Å². The van der Waals surface area contributed by atoms with Crippen molar-refractivity contribution < 1.29 is 19.1 Å². The summed E-state index contributed by atoms with van der Waals surface area (Å²) in [6, 6.07) is 4.44. The lowest BCUT2D eigenvalue weighted by Gasteiger charge is -2.24. The summed E-state index contributed by atoms with van der Waals surface area (Å²) in [5.41, 5.74) is 0.146. The number of carboxylic acids is 1. The molecule has 0 bridgehead atoms. The molecule has 1 atom stereocenters. The van der Waals surface area contributed by atoms with Crippen molar-refractivity contribution in [2.45, 2.75) is 25.8 Å². The minimum absolute atomic E-state index is 0.0178. The van der Waals surface area contributed by atoms with Crippen molar-refractivity contribution in [3.63, 3.8) is 0 Å². The van der Waals surface area contributed by atoms with Gasteiger partial charge < -0.3 is 10.4 Å². The molecule has 0 aliphatic heterocycles. The molecular formula is C14H17FN2O3. The molecular weight excluding hydrogens is 263 g/mol. The fourth-order valence-electron chi connectivity index (χ4n) is 2.12. The van der Waals surface area contributed by atoms with E-state index in [2.05, 4.69) is 5.32 Å². The van der Waals surface area contributed by atoms with Gasteiger partial charge in [0.05, 0.1) is 5.69 Å². The first kappa shape index (κ1) is 14.3. The van der Waals surface area contributed by atoms with Gasteiger partial charge >= 0.3 is 12.0 Å². The number of carbonyl (C=O) groups excluding carboxylic acids is 1. The second kappa shape index (κ2) is 5.90. The SMILES string of the molecule is CCN(C(=O)NC(C(=O)O)C1CC1)c1ccccc1F. The number of rotatable bonds is 5. The van der Waals surface area contributed by atoms with Gasteiger partial charge in [0.2, 0.25) is 0 Å². The maximum atomic E-state index is 13.7. The van der Waals surface area contributed by atoms with E-state index in [4.69, 9.17) is 5.11 Å². The van der Waals surface area contributed by atoms with E-state index in [1.54, 1.807) is 13.0 Å². The van der Waals surface area contributed by atoms with Crippen LogP contribution in [0.2, 0.25) is 0 Å². The summed E-state index contributed by atoms with van der Waals surface area (Å²) in [6.07, 6.45) is 1.59. The molecule has 1 unspecified atom stereocenters. The number of hydrogen-bond donors (Lipinski definition) is 2. The van der Waals surface area contributed by atoms with Crippen LogP contribution in [-0.2, 0) is 4.79 Å². The number of carboxylic acid groups (broad SMARTS) is 1. The Bertz CT molecular complexity index is 517. The summed E-state index contributed by atoms with van der Waals surface area (Å²) in [5, 5.41) is 11.6. The van der Waals surface area contributed by atoms with E-state index in [9.17, 15) is 14.0 Å². The lowest BCUT2D eigenvalue weighted by atomic mass is 10.2. The summed E-state index contributed by atoms with van der Waals surface area (Å²) in [5.74, 6) is -1.58. The highest BCUT2D eigenvalue weighted by Gasteiger charge is 2.38. The molecule has 2 amide bonds. The topological polar surface area (TPSA) is 69.6 Å². The van der Waals surface area contributed by atoms with Crippen LogP contribution in [0.25, 0.3) is 0 Å². The van der Waals surface area contributed by atoms with Gasteiger partial charge in [0.15, 0.2) is 0 Å². The molecule has 2 N–H and O–H groups in total. The number of para-hydroxylation sites is 1. The predicted molar refractivity (Wildman–Crippen MR) is 72.1 cm³/mol. The fraction of sp³-hybridized carbons (Fsp3) is 0.429. The first-order valence-corrected chi connectivity index (χ1v) is 6.60. The number of amides is 2. The van der Waals surface area contributed by atoms with Gasteiger partial charge in [-0.3, -0.25) is 4.90 Å². The van der Waals surface area contributed by atoms with Crippen molar-refractivity contribution in [1.29, 1.82) is 0 Å². The molecule has 20 heavy (non-hydrogen) atoms. The first-order valence-electron chi connectivity index (χ1n) is 6.60. The summed E-state index contributed by atoms with van der Waals surface area (Å²) in [6.45, 7) is 1.96. The summed E-state index contributed by atoms with van der Waals surface area (Å²) in [7, 11) is 0. The summed E-state index contributed by atoms with van der Waals surface area (Å²) < 4.78 is 13.7. The third kappa shape index (κ3) is 3.07. The Morgan fingerprint density at radius 3 is 2.60 bits per heavy atom. The van der Waals surface area contributed by atoms with Crippen LogP contribution in [0.1, 0.15) is 19.8 Å². The predicted octanol–water partition coefficient (Wildman–Crippen LogP) is 2.22. The molecule has 1 aromatic rings. The summed E-state index contributed by atoms with van der Waals surface area (Å²) >= 11 is 0. The average molecular weight is 280 g/mol. The molecule has 108 valence electrons. The third-order valence-corrected chi connectivity index (χ3v) is 3.34. The number of urea groups is 1. The van der Waals surface area contributed by atoms with Crippen molar-refractivity contribution in [1.82, 2.24) is 5.32 Å². The van der Waals surface area contributed by atoms with Gasteiger partial charge in [-0.1, -0.05) is 12.1 Å². The smallest absolute Gasteiger partial charge is 0.326 e. The van der Waals surface area contributed by atoms with Crippen molar-refractivity contribution in [2.24, 2.45) is 5.92 Å². The lowest BCUT2D eigenvalue weighted by Crippen LogP contribution is -2.49. The van der Waals surface area contributed by atoms with Crippen molar-refractivity contribution >= 4 is 17.7 Å². The van der Waals surface area contributed by atoms with Crippen LogP contribution in [0.3, 0.4) is 0 Å². The normalized spacial score (nSPS) is 15.5. The molecule has 0 saturated heterocycles. The maximum absolute atomic E-state index is 13.7. The highest BCUT2D eigenvalue weighted by atomic mass is 19.1. The molecule has 6 heteroatoms. The zero-order chi connectivity index (χ0) is 14.7. The van der Waals surface area contributed by atoms with Crippen molar-refractivity contribution in [2.75, 3.05) is 11.4 Å². The number of anilines is 1. The van der Waals surface area contributed by atoms with Gasteiger partial charge in [-0.25, -0.2) is 14.0 Å². The van der Waals surface area contributed by atoms with E-state index in [1.807, 2.05) is 0 Å². The van der Waals surface area contributed by atoms with Crippen molar-refractivity contribution in [3.8, 4) is 0 Å². The minimum Gasteiger partial charge on any atom is -0.480 e. The van der Waals surface area contributed by atoms with E-state index in [0.29, 0.717) is 0 Å². The molecule has 0 heterocycles. The van der Waals surface area contributed by atoms with Gasteiger partial charge in [-0.05, 0) is 37.8 Å². The van der Waals surface area contributed by atoms with E-state index >= 15 is 0 Å². The molecule has 0 spiro atoms. The van der Waals surface area contributed by atoms with E-state index < -0.39 is 23.9 Å². The van der Waals surface area contributed by atoms with Crippen LogP contribution in [-0.4, -0.2) is 29.7 Å². The Balaban J connectivity index is 2.13. The lowest BCUT2D eigenvalue weighted by molar-refractivity contribution is -0.139. The molecule has 1 fully saturated rings. The van der Waals surface area contributed by atoms with Gasteiger partial charge in [0.25, 0.3) is 0 Å². The Morgan fingerprint density at radius 1 is 1.45 bits per heavy atom. The number of halogens is 1. The minimum atomic E-state index is -1.05. The van der Waals surface area contributed by atoms with Crippen LogP contribution in [0.4, 0.5) is 14.9 Å². The fourth-order valence-corrected chi connectivity index (χ4v) is 2.12. The van der Waals surface area contributed by atoms with Gasteiger partial charge in [0.1, 0.15) is 11.9 Å². The second-order valence-corrected chi connectivity index (χ2v) is 4.80. The Labute approximate surface area is 116 Å². The molecule has 1 saturated carbocycles. The Hall–Kier alpha value is -2.11. The van der Waals surface area contributed by atoms with Crippen LogP contribution >= 0.6 is 0 Å². The Morgan fingerprint density at radius 2 is 2.10 bits per heavy atom. The van der Waals surface area contributed by atoms with E-state index in [-0.39, 0.29) is 18.2 Å². The van der Waals surface area contributed by atoms with E-state index in [0.717, 1.165) is 12.8 Å². The van der Waals surface area contributed by atoms with Gasteiger partial charge in [0, 0.05) is 6.54 Å². The molecule has 1 aliphatic rings. The zero-order valence-electron chi connectivity index (χ0n) is 11.2. The number of nitrogens with one attached hydrogen (secondary N) is 1. The van der Waals surface area contributed by atoms with Crippen molar-refractivity contribution in [3.05, 3.63) is 30.1 Å². The Kier molecular flexibility index (Phi) is 4.22. The second-order valence-electron chi connectivity index (χ2n) is 4.80. The summed E-state index contributed by atoms with van der Waals surface area (Å²) in [4.78, 5) is 24.5. The van der Waals surface area contributed by atoms with Crippen LogP contribution in [0.15, 0.2) is 24.3 Å². The number of nitrogens with zero attached hydrogens (tertiary/aromatic N) is 1. The van der Waals surface area contributed by atoms with Crippen LogP contribution < -0.4 is 10.2 Å². The standard InChI is InChI=1S/C14H17FN2O3/c1-2-17(11-6-4-3-5-10(11)15)14(20)16-12(13(18)19)9-7-8-9/h3-6,9,12H,2,7-8H2,1H3,(H,16,20)(H,18,19). The molecule has 2 rings (SSSR count). The molecule has 5 nitrogen and oxygen atoms in total. The first-order chi connectivity index (χ1) is 9.54. The molecule has 1 aliphatic carbocycles. The highest BCUT2D eigenvalue weighted by molar-refractivity contribution is 5.94. The monoisotopic (exact) mass is 280 g/mol. The average Bonchev–Trinajstić information content (AvgIpc) is 3.23. The molecule has 0 aromatic heterocycles. The quantitative estimate of drug-likeness (QED) is 0.869. The van der Waals surface area contributed by atoms with Gasteiger partial charge in [-0.2, -0.15) is 0 Å². The zero-order valence-corrected chi connectivity index (χ0v) is 11.2. The molecule has 0 radical (unpaired) electrons. The largest absolute Gasteiger partial charge is 0.480 e. The van der Waals surface area contributed by atoms with Crippen LogP contribution in [0.5, 0.6) is 0 Å². The van der Waals surface area contributed by atoms with Crippen LogP contribution in [0, 0.1) is 11.7 Å². The number of hydrogen-bond acceptors (Lipinski definition) is 2. The van der Waals surface area contributed by atoms with Gasteiger partial charge in [-0.15, -0.1) is 0 Å². The number of benzene rings is 1. The number of aliphatic carboxylic acids is 1. The third-order valence-electron chi connectivity index (χ3n) is 3.34. The number of carbonyl (C=O) groups is 2.